The van der Waals surface area contributed by atoms with E-state index in [0.29, 0.717) is 5.25 Å². The molecule has 0 saturated heterocycles. The molecule has 1 aliphatic rings. The first-order valence-corrected chi connectivity index (χ1v) is 8.10. The van der Waals surface area contributed by atoms with Gasteiger partial charge < -0.3 is 0 Å². The highest BCUT2D eigenvalue weighted by molar-refractivity contribution is 7.99. The summed E-state index contributed by atoms with van der Waals surface area (Å²) in [5, 5.41) is 14.2. The molecule has 2 unspecified atom stereocenters. The molecule has 0 spiro atoms. The molecular weight excluding hydrogens is 268 g/mol. The summed E-state index contributed by atoms with van der Waals surface area (Å²) in [4.78, 5) is 8.96. The third-order valence-corrected chi connectivity index (χ3v) is 4.76. The molecule has 0 amide bonds. The highest BCUT2D eigenvalue weighted by Gasteiger charge is 2.39. The zero-order valence-corrected chi connectivity index (χ0v) is 13.3. The molecule has 0 aromatic carbocycles. The molecule has 0 bridgehead atoms. The van der Waals surface area contributed by atoms with Gasteiger partial charge in [-0.05, 0) is 52.1 Å². The molecule has 1 heterocycles. The Bertz CT molecular complexity index is 491. The number of nitrogens with one attached hydrogen (secondary N) is 1. The maximum Gasteiger partial charge on any atom is 0.188 e. The van der Waals surface area contributed by atoms with Crippen molar-refractivity contribution in [2.24, 2.45) is 0 Å². The first-order valence-electron chi connectivity index (χ1n) is 7.22. The summed E-state index contributed by atoms with van der Waals surface area (Å²) in [6.45, 7) is 7.03. The molecule has 0 radical (unpaired) electrons. The molecule has 1 aromatic rings. The van der Waals surface area contributed by atoms with E-state index in [2.05, 4.69) is 28.3 Å². The van der Waals surface area contributed by atoms with Gasteiger partial charge in [-0.25, -0.2) is 9.97 Å². The molecule has 2 atom stereocenters. The van der Waals surface area contributed by atoms with Gasteiger partial charge in [0.15, 0.2) is 5.16 Å². The standard InChI is InChI=1S/C15H22N4S/c1-4-7-17-15(10-16)6-5-13(9-15)20-14-18-11(2)8-12(3)19-14/h8,13,17H,4-7,9H2,1-3H3. The van der Waals surface area contributed by atoms with Crippen LogP contribution in [0.1, 0.15) is 44.0 Å². The lowest BCUT2D eigenvalue weighted by molar-refractivity contribution is 0.424. The largest absolute Gasteiger partial charge is 0.299 e. The van der Waals surface area contributed by atoms with Crippen LogP contribution >= 0.6 is 11.8 Å². The number of nitrogens with zero attached hydrogens (tertiary/aromatic N) is 3. The molecule has 0 aliphatic heterocycles. The minimum Gasteiger partial charge on any atom is -0.299 e. The molecule has 1 saturated carbocycles. The molecule has 1 aromatic heterocycles. The van der Waals surface area contributed by atoms with Crippen LogP contribution in [0.25, 0.3) is 0 Å². The fraction of sp³-hybridized carbons (Fsp3) is 0.667. The van der Waals surface area contributed by atoms with Gasteiger partial charge in [0.2, 0.25) is 0 Å². The van der Waals surface area contributed by atoms with Crippen molar-refractivity contribution < 1.29 is 0 Å². The Hall–Kier alpha value is -1.12. The molecular formula is C15H22N4S. The van der Waals surface area contributed by atoms with Crippen molar-refractivity contribution in [3.63, 3.8) is 0 Å². The maximum absolute atomic E-state index is 9.46. The van der Waals surface area contributed by atoms with Gasteiger partial charge >= 0.3 is 0 Å². The first kappa shape index (κ1) is 15.3. The van der Waals surface area contributed by atoms with Crippen molar-refractivity contribution >= 4 is 11.8 Å². The van der Waals surface area contributed by atoms with Crippen LogP contribution in [0.5, 0.6) is 0 Å². The van der Waals surface area contributed by atoms with E-state index in [1.807, 2.05) is 19.9 Å². The smallest absolute Gasteiger partial charge is 0.188 e. The number of hydrogen-bond donors (Lipinski definition) is 1. The lowest BCUT2D eigenvalue weighted by Crippen LogP contribution is -2.42. The van der Waals surface area contributed by atoms with Crippen LogP contribution < -0.4 is 5.32 Å². The Morgan fingerprint density at radius 2 is 2.15 bits per heavy atom. The van der Waals surface area contributed by atoms with Gasteiger partial charge in [0.25, 0.3) is 0 Å². The maximum atomic E-state index is 9.46. The Labute approximate surface area is 125 Å². The normalized spacial score (nSPS) is 25.6. The third-order valence-electron chi connectivity index (χ3n) is 3.63. The number of aromatic nitrogens is 2. The summed E-state index contributed by atoms with van der Waals surface area (Å²) < 4.78 is 0. The van der Waals surface area contributed by atoms with Gasteiger partial charge in [-0.3, -0.25) is 5.32 Å². The molecule has 108 valence electrons. The van der Waals surface area contributed by atoms with Crippen molar-refractivity contribution in [2.75, 3.05) is 6.54 Å². The summed E-state index contributed by atoms with van der Waals surface area (Å²) in [7, 11) is 0. The summed E-state index contributed by atoms with van der Waals surface area (Å²) in [5.74, 6) is 0. The predicted octanol–water partition coefficient (Wildman–Crippen LogP) is 3.00. The van der Waals surface area contributed by atoms with Crippen LogP contribution in [0, 0.1) is 25.2 Å². The number of thioether (sulfide) groups is 1. The number of nitriles is 1. The van der Waals surface area contributed by atoms with Crippen LogP contribution in [0.2, 0.25) is 0 Å². The van der Waals surface area contributed by atoms with Gasteiger partial charge in [-0.15, -0.1) is 0 Å². The van der Waals surface area contributed by atoms with Crippen molar-refractivity contribution in [3.8, 4) is 6.07 Å². The van der Waals surface area contributed by atoms with Gasteiger partial charge in [0, 0.05) is 16.6 Å². The average molecular weight is 290 g/mol. The Morgan fingerprint density at radius 3 is 2.75 bits per heavy atom. The van der Waals surface area contributed by atoms with E-state index in [1.54, 1.807) is 11.8 Å². The van der Waals surface area contributed by atoms with E-state index in [4.69, 9.17) is 0 Å². The van der Waals surface area contributed by atoms with Gasteiger partial charge in [-0.2, -0.15) is 5.26 Å². The zero-order valence-electron chi connectivity index (χ0n) is 12.4. The first-order chi connectivity index (χ1) is 9.57. The summed E-state index contributed by atoms with van der Waals surface area (Å²) >= 11 is 1.72. The second-order valence-electron chi connectivity index (χ2n) is 5.54. The quantitative estimate of drug-likeness (QED) is 0.845. The molecule has 1 fully saturated rings. The van der Waals surface area contributed by atoms with Crippen LogP contribution in [0.4, 0.5) is 0 Å². The second kappa shape index (κ2) is 6.55. The third kappa shape index (κ3) is 3.71. The predicted molar refractivity (Wildman–Crippen MR) is 81.6 cm³/mol. The molecule has 20 heavy (non-hydrogen) atoms. The number of aryl methyl sites for hydroxylation is 2. The lowest BCUT2D eigenvalue weighted by atomic mass is 10.00. The fourth-order valence-electron chi connectivity index (χ4n) is 2.66. The molecule has 1 aliphatic carbocycles. The summed E-state index contributed by atoms with van der Waals surface area (Å²) in [5.41, 5.74) is 1.68. The minimum atomic E-state index is -0.341. The Balaban J connectivity index is 2.00. The van der Waals surface area contributed by atoms with Crippen LogP contribution in [0.15, 0.2) is 11.2 Å². The van der Waals surface area contributed by atoms with Gasteiger partial charge in [0.05, 0.1) is 6.07 Å². The second-order valence-corrected chi connectivity index (χ2v) is 6.80. The summed E-state index contributed by atoms with van der Waals surface area (Å²) in [6, 6.07) is 4.47. The van der Waals surface area contributed by atoms with E-state index in [0.717, 1.165) is 48.8 Å². The topological polar surface area (TPSA) is 61.6 Å². The summed E-state index contributed by atoms with van der Waals surface area (Å²) in [6.07, 6.45) is 3.91. The zero-order chi connectivity index (χ0) is 14.6. The van der Waals surface area contributed by atoms with Crippen LogP contribution in [-0.2, 0) is 0 Å². The molecule has 4 nitrogen and oxygen atoms in total. The SMILES string of the molecule is CCCNC1(C#N)CCC(Sc2nc(C)cc(C)n2)C1. The molecule has 1 N–H and O–H groups in total. The number of rotatable bonds is 5. The monoisotopic (exact) mass is 290 g/mol. The minimum absolute atomic E-state index is 0.341. The highest BCUT2D eigenvalue weighted by atomic mass is 32.2. The van der Waals surface area contributed by atoms with E-state index in [1.165, 1.54) is 0 Å². The van der Waals surface area contributed by atoms with E-state index in [-0.39, 0.29) is 5.54 Å². The Morgan fingerprint density at radius 1 is 1.45 bits per heavy atom. The van der Waals surface area contributed by atoms with E-state index < -0.39 is 0 Å². The van der Waals surface area contributed by atoms with Crippen molar-refractivity contribution in [1.82, 2.24) is 15.3 Å². The Kier molecular flexibility index (Phi) is 5.00. The van der Waals surface area contributed by atoms with Gasteiger partial charge in [0.1, 0.15) is 5.54 Å². The van der Waals surface area contributed by atoms with E-state index in [9.17, 15) is 5.26 Å². The number of hydrogen-bond acceptors (Lipinski definition) is 5. The van der Waals surface area contributed by atoms with Crippen molar-refractivity contribution in [1.29, 1.82) is 5.26 Å². The van der Waals surface area contributed by atoms with Crippen LogP contribution in [0.3, 0.4) is 0 Å². The van der Waals surface area contributed by atoms with Gasteiger partial charge in [-0.1, -0.05) is 18.7 Å². The lowest BCUT2D eigenvalue weighted by Gasteiger charge is -2.22. The molecule has 5 heteroatoms. The van der Waals surface area contributed by atoms with Crippen molar-refractivity contribution in [2.45, 2.75) is 62.4 Å². The fourth-order valence-corrected chi connectivity index (χ4v) is 3.96. The average Bonchev–Trinajstić information content (AvgIpc) is 2.79. The molecule has 2 rings (SSSR count). The highest BCUT2D eigenvalue weighted by Crippen LogP contribution is 2.39. The van der Waals surface area contributed by atoms with Crippen LogP contribution in [-0.4, -0.2) is 27.3 Å². The van der Waals surface area contributed by atoms with E-state index >= 15 is 0 Å². The van der Waals surface area contributed by atoms with Crippen molar-refractivity contribution in [3.05, 3.63) is 17.5 Å².